The maximum absolute atomic E-state index is 10.5. The van der Waals surface area contributed by atoms with Gasteiger partial charge in [-0.15, -0.1) is 0 Å². The molecule has 1 heterocycles. The van der Waals surface area contributed by atoms with E-state index < -0.39 is 0 Å². The van der Waals surface area contributed by atoms with E-state index >= 15 is 0 Å². The van der Waals surface area contributed by atoms with Gasteiger partial charge in [0, 0.05) is 25.7 Å². The van der Waals surface area contributed by atoms with E-state index in [1.807, 2.05) is 0 Å². The lowest BCUT2D eigenvalue weighted by molar-refractivity contribution is 0.0632. The normalized spacial score (nSPS) is 23.5. The summed E-state index contributed by atoms with van der Waals surface area (Å²) in [5.41, 5.74) is 3.49. The number of hydrogen-bond acceptors (Lipinski definition) is 3. The Kier molecular flexibility index (Phi) is 4.61. The number of piperazine rings is 1. The van der Waals surface area contributed by atoms with Crippen LogP contribution < -0.4 is 0 Å². The molecule has 2 unspecified atom stereocenters. The standard InChI is InChI=1S/C16H26N2O/c1-12-5-6-13(2)15(9-12)16(19)10-14-11-17(3)7-8-18(14)4/h5-6,9,14,16,19H,7-8,10-11H2,1-4H3. The van der Waals surface area contributed by atoms with Crippen molar-refractivity contribution in [2.24, 2.45) is 0 Å². The van der Waals surface area contributed by atoms with E-state index in [4.69, 9.17) is 0 Å². The Hall–Kier alpha value is -0.900. The molecule has 1 saturated heterocycles. The second-order valence-corrected chi connectivity index (χ2v) is 6.01. The van der Waals surface area contributed by atoms with Crippen molar-refractivity contribution in [1.82, 2.24) is 9.80 Å². The molecule has 0 amide bonds. The Morgan fingerprint density at radius 1 is 1.26 bits per heavy atom. The summed E-state index contributed by atoms with van der Waals surface area (Å²) >= 11 is 0. The van der Waals surface area contributed by atoms with Gasteiger partial charge in [0.15, 0.2) is 0 Å². The fourth-order valence-electron chi connectivity index (χ4n) is 2.86. The number of aliphatic hydroxyl groups excluding tert-OH is 1. The fourth-order valence-corrected chi connectivity index (χ4v) is 2.86. The highest BCUT2D eigenvalue weighted by molar-refractivity contribution is 5.32. The van der Waals surface area contributed by atoms with Crippen LogP contribution in [0.25, 0.3) is 0 Å². The van der Waals surface area contributed by atoms with Gasteiger partial charge in [-0.1, -0.05) is 23.8 Å². The Morgan fingerprint density at radius 2 is 2.00 bits per heavy atom. The topological polar surface area (TPSA) is 26.7 Å². The molecule has 0 aromatic heterocycles. The smallest absolute Gasteiger partial charge is 0.0808 e. The molecular weight excluding hydrogens is 236 g/mol. The second-order valence-electron chi connectivity index (χ2n) is 6.01. The van der Waals surface area contributed by atoms with Crippen molar-refractivity contribution in [2.45, 2.75) is 32.4 Å². The van der Waals surface area contributed by atoms with Crippen LogP contribution in [0.15, 0.2) is 18.2 Å². The minimum absolute atomic E-state index is 0.362. The largest absolute Gasteiger partial charge is 0.388 e. The molecule has 1 fully saturated rings. The number of hydrogen-bond donors (Lipinski definition) is 1. The number of likely N-dealkylation sites (N-methyl/N-ethyl adjacent to an activating group) is 2. The molecule has 1 aliphatic heterocycles. The van der Waals surface area contributed by atoms with Gasteiger partial charge in [0.2, 0.25) is 0 Å². The van der Waals surface area contributed by atoms with E-state index in [0.29, 0.717) is 6.04 Å². The number of benzene rings is 1. The van der Waals surface area contributed by atoms with Crippen LogP contribution in [0.5, 0.6) is 0 Å². The molecule has 3 nitrogen and oxygen atoms in total. The summed E-state index contributed by atoms with van der Waals surface area (Å²) in [6.45, 7) is 7.40. The summed E-state index contributed by atoms with van der Waals surface area (Å²) in [6.07, 6.45) is 0.448. The van der Waals surface area contributed by atoms with E-state index in [9.17, 15) is 5.11 Å². The van der Waals surface area contributed by atoms with E-state index in [-0.39, 0.29) is 6.10 Å². The Bertz CT molecular complexity index is 433. The predicted octanol–water partition coefficient (Wildman–Crippen LogP) is 1.97. The Morgan fingerprint density at radius 3 is 2.74 bits per heavy atom. The number of aliphatic hydroxyl groups is 1. The van der Waals surface area contributed by atoms with Gasteiger partial charge in [0.1, 0.15) is 0 Å². The lowest BCUT2D eigenvalue weighted by Crippen LogP contribution is -2.50. The Balaban J connectivity index is 2.07. The van der Waals surface area contributed by atoms with Crippen molar-refractivity contribution >= 4 is 0 Å². The Labute approximate surface area is 116 Å². The third-order valence-electron chi connectivity index (χ3n) is 4.27. The number of aryl methyl sites for hydroxylation is 2. The van der Waals surface area contributed by atoms with Crippen LogP contribution in [0.4, 0.5) is 0 Å². The highest BCUT2D eigenvalue weighted by atomic mass is 16.3. The zero-order chi connectivity index (χ0) is 14.0. The first kappa shape index (κ1) is 14.5. The van der Waals surface area contributed by atoms with Crippen LogP contribution in [0.3, 0.4) is 0 Å². The van der Waals surface area contributed by atoms with Crippen LogP contribution in [0.2, 0.25) is 0 Å². The second kappa shape index (κ2) is 6.04. The first-order valence-corrected chi connectivity index (χ1v) is 7.11. The quantitative estimate of drug-likeness (QED) is 0.902. The first-order valence-electron chi connectivity index (χ1n) is 7.11. The molecule has 1 aromatic rings. The van der Waals surface area contributed by atoms with Crippen LogP contribution in [-0.2, 0) is 0 Å². The minimum Gasteiger partial charge on any atom is -0.388 e. The zero-order valence-electron chi connectivity index (χ0n) is 12.6. The van der Waals surface area contributed by atoms with Crippen molar-refractivity contribution in [2.75, 3.05) is 33.7 Å². The highest BCUT2D eigenvalue weighted by Crippen LogP contribution is 2.25. The molecule has 1 N–H and O–H groups in total. The molecule has 19 heavy (non-hydrogen) atoms. The van der Waals surface area contributed by atoms with Crippen molar-refractivity contribution in [1.29, 1.82) is 0 Å². The van der Waals surface area contributed by atoms with E-state index in [0.717, 1.165) is 31.6 Å². The molecule has 0 aliphatic carbocycles. The molecule has 1 aromatic carbocycles. The molecule has 0 spiro atoms. The van der Waals surface area contributed by atoms with Crippen LogP contribution in [0, 0.1) is 13.8 Å². The van der Waals surface area contributed by atoms with Crippen LogP contribution in [-0.4, -0.2) is 54.7 Å². The molecule has 1 aliphatic rings. The summed E-state index contributed by atoms with van der Waals surface area (Å²) < 4.78 is 0. The molecule has 2 atom stereocenters. The summed E-state index contributed by atoms with van der Waals surface area (Å²) in [7, 11) is 4.32. The van der Waals surface area contributed by atoms with Gasteiger partial charge in [-0.2, -0.15) is 0 Å². The van der Waals surface area contributed by atoms with Gasteiger partial charge in [0.05, 0.1) is 6.10 Å². The minimum atomic E-state index is -0.362. The van der Waals surface area contributed by atoms with Crippen molar-refractivity contribution < 1.29 is 5.11 Å². The fraction of sp³-hybridized carbons (Fsp3) is 0.625. The predicted molar refractivity (Wildman–Crippen MR) is 79.4 cm³/mol. The maximum Gasteiger partial charge on any atom is 0.0808 e. The third-order valence-corrected chi connectivity index (χ3v) is 4.27. The SMILES string of the molecule is Cc1ccc(C)c(C(O)CC2CN(C)CCN2C)c1. The maximum atomic E-state index is 10.5. The van der Waals surface area contributed by atoms with E-state index in [2.05, 4.69) is 55.9 Å². The van der Waals surface area contributed by atoms with Crippen LogP contribution >= 0.6 is 0 Å². The summed E-state index contributed by atoms with van der Waals surface area (Å²) in [5, 5.41) is 10.5. The molecule has 0 bridgehead atoms. The summed E-state index contributed by atoms with van der Waals surface area (Å²) in [4.78, 5) is 4.72. The summed E-state index contributed by atoms with van der Waals surface area (Å²) in [5.74, 6) is 0. The number of nitrogens with zero attached hydrogens (tertiary/aromatic N) is 2. The molecular formula is C16H26N2O. The lowest BCUT2D eigenvalue weighted by Gasteiger charge is -2.38. The molecule has 2 rings (SSSR count). The van der Waals surface area contributed by atoms with Crippen molar-refractivity contribution in [3.8, 4) is 0 Å². The van der Waals surface area contributed by atoms with E-state index in [1.54, 1.807) is 0 Å². The number of rotatable bonds is 3. The van der Waals surface area contributed by atoms with Gasteiger partial charge in [-0.05, 0) is 45.5 Å². The van der Waals surface area contributed by atoms with Gasteiger partial charge in [-0.3, -0.25) is 0 Å². The summed E-state index contributed by atoms with van der Waals surface area (Å²) in [6, 6.07) is 6.76. The molecule has 0 saturated carbocycles. The molecule has 0 radical (unpaired) electrons. The highest BCUT2D eigenvalue weighted by Gasteiger charge is 2.25. The average Bonchev–Trinajstić information content (AvgIpc) is 2.36. The van der Waals surface area contributed by atoms with E-state index in [1.165, 1.54) is 11.1 Å². The third kappa shape index (κ3) is 3.56. The van der Waals surface area contributed by atoms with Crippen LogP contribution in [0.1, 0.15) is 29.2 Å². The van der Waals surface area contributed by atoms with Gasteiger partial charge in [0.25, 0.3) is 0 Å². The monoisotopic (exact) mass is 262 g/mol. The lowest BCUT2D eigenvalue weighted by atomic mass is 9.95. The molecule has 3 heteroatoms. The first-order chi connectivity index (χ1) is 8.97. The van der Waals surface area contributed by atoms with Gasteiger partial charge >= 0.3 is 0 Å². The average molecular weight is 262 g/mol. The van der Waals surface area contributed by atoms with Crippen molar-refractivity contribution in [3.05, 3.63) is 34.9 Å². The zero-order valence-corrected chi connectivity index (χ0v) is 12.6. The van der Waals surface area contributed by atoms with Gasteiger partial charge in [-0.25, -0.2) is 0 Å². The molecule has 106 valence electrons. The van der Waals surface area contributed by atoms with Gasteiger partial charge < -0.3 is 14.9 Å². The van der Waals surface area contributed by atoms with Crippen molar-refractivity contribution in [3.63, 3.8) is 0 Å².